The fraction of sp³-hybridized carbons (Fsp3) is 0.533. The predicted octanol–water partition coefficient (Wildman–Crippen LogP) is 0.655. The number of benzene rings is 1. The predicted molar refractivity (Wildman–Crippen MR) is 87.8 cm³/mol. The van der Waals surface area contributed by atoms with E-state index in [-0.39, 0.29) is 19.6 Å². The van der Waals surface area contributed by atoms with Crippen molar-refractivity contribution in [1.82, 2.24) is 14.5 Å². The van der Waals surface area contributed by atoms with Crippen LogP contribution in [0.4, 0.5) is 4.39 Å². The van der Waals surface area contributed by atoms with E-state index < -0.39 is 21.7 Å². The number of carbonyl (C=O) groups is 1. The standard InChI is InChI=1S/C15H24FN3O3S/c1-18(2)9-6-10-19(23(3,21)22)12-15(20)17-11-13-7-4-5-8-14(13)16/h4-5,7-8H,6,9-12H2,1-3H3,(H,17,20). The summed E-state index contributed by atoms with van der Waals surface area (Å²) in [5.74, 6) is -0.859. The lowest BCUT2D eigenvalue weighted by atomic mass is 10.2. The number of rotatable bonds is 9. The van der Waals surface area contributed by atoms with Gasteiger partial charge in [0.1, 0.15) is 5.82 Å². The third-order valence-corrected chi connectivity index (χ3v) is 4.49. The number of amides is 1. The number of hydrogen-bond acceptors (Lipinski definition) is 4. The molecule has 0 aromatic heterocycles. The van der Waals surface area contributed by atoms with Crippen LogP contribution in [0.15, 0.2) is 24.3 Å². The highest BCUT2D eigenvalue weighted by Crippen LogP contribution is 2.06. The van der Waals surface area contributed by atoms with Gasteiger partial charge in [0.05, 0.1) is 12.8 Å². The summed E-state index contributed by atoms with van der Waals surface area (Å²) in [6, 6.07) is 6.12. The second-order valence-electron chi connectivity index (χ2n) is 5.62. The van der Waals surface area contributed by atoms with Crippen LogP contribution in [-0.2, 0) is 21.4 Å². The summed E-state index contributed by atoms with van der Waals surface area (Å²) in [4.78, 5) is 13.9. The molecule has 0 atom stereocenters. The Hall–Kier alpha value is -1.51. The Bertz CT molecular complexity index is 620. The van der Waals surface area contributed by atoms with Gasteiger partial charge in [0, 0.05) is 18.7 Å². The van der Waals surface area contributed by atoms with Gasteiger partial charge in [-0.2, -0.15) is 4.31 Å². The van der Waals surface area contributed by atoms with Crippen molar-refractivity contribution in [2.75, 3.05) is 40.0 Å². The molecule has 0 heterocycles. The Morgan fingerprint density at radius 2 is 1.87 bits per heavy atom. The highest BCUT2D eigenvalue weighted by molar-refractivity contribution is 7.88. The van der Waals surface area contributed by atoms with E-state index in [9.17, 15) is 17.6 Å². The Labute approximate surface area is 137 Å². The average Bonchev–Trinajstić information content (AvgIpc) is 2.44. The van der Waals surface area contributed by atoms with Crippen LogP contribution in [0.3, 0.4) is 0 Å². The van der Waals surface area contributed by atoms with Gasteiger partial charge in [-0.25, -0.2) is 12.8 Å². The fourth-order valence-electron chi connectivity index (χ4n) is 1.98. The van der Waals surface area contributed by atoms with Gasteiger partial charge in [0.2, 0.25) is 15.9 Å². The summed E-state index contributed by atoms with van der Waals surface area (Å²) in [5.41, 5.74) is 0.361. The Kier molecular flexibility index (Phi) is 7.60. The van der Waals surface area contributed by atoms with Crippen molar-refractivity contribution in [3.8, 4) is 0 Å². The van der Waals surface area contributed by atoms with E-state index in [0.717, 1.165) is 17.1 Å². The second-order valence-corrected chi connectivity index (χ2v) is 7.60. The first-order valence-electron chi connectivity index (χ1n) is 7.30. The topological polar surface area (TPSA) is 69.7 Å². The Balaban J connectivity index is 2.55. The molecule has 1 amide bonds. The van der Waals surface area contributed by atoms with Crippen molar-refractivity contribution in [3.05, 3.63) is 35.6 Å². The minimum atomic E-state index is -3.47. The molecular formula is C15H24FN3O3S. The minimum Gasteiger partial charge on any atom is -0.351 e. The molecule has 130 valence electrons. The summed E-state index contributed by atoms with van der Waals surface area (Å²) in [5, 5.41) is 2.55. The van der Waals surface area contributed by atoms with E-state index in [4.69, 9.17) is 0 Å². The number of hydrogen-bond donors (Lipinski definition) is 1. The number of carbonyl (C=O) groups excluding carboxylic acids is 1. The fourth-order valence-corrected chi connectivity index (χ4v) is 2.79. The molecule has 0 fully saturated rings. The summed E-state index contributed by atoms with van der Waals surface area (Å²) in [7, 11) is 0.320. The molecule has 0 spiro atoms. The summed E-state index contributed by atoms with van der Waals surface area (Å²) >= 11 is 0. The largest absolute Gasteiger partial charge is 0.351 e. The van der Waals surface area contributed by atoms with Crippen LogP contribution >= 0.6 is 0 Å². The van der Waals surface area contributed by atoms with Crippen molar-refractivity contribution < 1.29 is 17.6 Å². The molecule has 0 aliphatic rings. The van der Waals surface area contributed by atoms with Gasteiger partial charge in [-0.3, -0.25) is 4.79 Å². The highest BCUT2D eigenvalue weighted by atomic mass is 32.2. The molecule has 0 aliphatic carbocycles. The molecule has 23 heavy (non-hydrogen) atoms. The van der Waals surface area contributed by atoms with E-state index in [2.05, 4.69) is 5.32 Å². The lowest BCUT2D eigenvalue weighted by Crippen LogP contribution is -2.41. The molecule has 0 unspecified atom stereocenters. The zero-order valence-electron chi connectivity index (χ0n) is 13.8. The van der Waals surface area contributed by atoms with E-state index in [0.29, 0.717) is 12.0 Å². The lowest BCUT2D eigenvalue weighted by Gasteiger charge is -2.20. The van der Waals surface area contributed by atoms with Gasteiger partial charge >= 0.3 is 0 Å². The summed E-state index contributed by atoms with van der Waals surface area (Å²) < 4.78 is 38.1. The third-order valence-electron chi connectivity index (χ3n) is 3.24. The van der Waals surface area contributed by atoms with Crippen LogP contribution < -0.4 is 5.32 Å². The normalized spacial score (nSPS) is 11.9. The molecule has 1 rings (SSSR count). The van der Waals surface area contributed by atoms with Crippen molar-refractivity contribution in [3.63, 3.8) is 0 Å². The van der Waals surface area contributed by atoms with Gasteiger partial charge in [-0.1, -0.05) is 18.2 Å². The zero-order valence-corrected chi connectivity index (χ0v) is 14.6. The number of halogens is 1. The molecule has 0 aliphatic heterocycles. The van der Waals surface area contributed by atoms with Crippen molar-refractivity contribution >= 4 is 15.9 Å². The maximum Gasteiger partial charge on any atom is 0.235 e. The van der Waals surface area contributed by atoms with Crippen molar-refractivity contribution in [2.45, 2.75) is 13.0 Å². The zero-order chi connectivity index (χ0) is 17.5. The second kappa shape index (κ2) is 8.95. The van der Waals surface area contributed by atoms with E-state index in [1.54, 1.807) is 18.2 Å². The quantitative estimate of drug-likeness (QED) is 0.714. The number of nitrogens with zero attached hydrogens (tertiary/aromatic N) is 2. The van der Waals surface area contributed by atoms with Gasteiger partial charge < -0.3 is 10.2 Å². The van der Waals surface area contributed by atoms with Crippen LogP contribution in [0.25, 0.3) is 0 Å². The molecule has 8 heteroatoms. The van der Waals surface area contributed by atoms with E-state index in [1.807, 2.05) is 19.0 Å². The lowest BCUT2D eigenvalue weighted by molar-refractivity contribution is -0.121. The van der Waals surface area contributed by atoms with Crippen molar-refractivity contribution in [1.29, 1.82) is 0 Å². The first-order chi connectivity index (χ1) is 10.7. The average molecular weight is 345 g/mol. The van der Waals surface area contributed by atoms with Crippen molar-refractivity contribution in [2.24, 2.45) is 0 Å². The molecule has 0 radical (unpaired) electrons. The molecule has 1 N–H and O–H groups in total. The first-order valence-corrected chi connectivity index (χ1v) is 9.15. The van der Waals surface area contributed by atoms with Crippen LogP contribution in [0, 0.1) is 5.82 Å². The summed E-state index contributed by atoms with van der Waals surface area (Å²) in [6.07, 6.45) is 1.70. The van der Waals surface area contributed by atoms with Gasteiger partial charge in [-0.05, 0) is 33.1 Å². The maximum absolute atomic E-state index is 13.5. The van der Waals surface area contributed by atoms with Gasteiger partial charge in [0.25, 0.3) is 0 Å². The molecule has 1 aromatic carbocycles. The maximum atomic E-state index is 13.5. The molecular weight excluding hydrogens is 321 g/mol. The number of nitrogens with one attached hydrogen (secondary N) is 1. The Morgan fingerprint density at radius 1 is 1.22 bits per heavy atom. The van der Waals surface area contributed by atoms with Crippen LogP contribution in [-0.4, -0.2) is 63.5 Å². The van der Waals surface area contributed by atoms with Gasteiger partial charge in [0.15, 0.2) is 0 Å². The molecule has 0 saturated heterocycles. The smallest absolute Gasteiger partial charge is 0.235 e. The molecule has 6 nitrogen and oxygen atoms in total. The summed E-state index contributed by atoms with van der Waals surface area (Å²) in [6.45, 7) is 0.758. The van der Waals surface area contributed by atoms with Gasteiger partial charge in [-0.15, -0.1) is 0 Å². The molecule has 0 bridgehead atoms. The monoisotopic (exact) mass is 345 g/mol. The molecule has 0 saturated carbocycles. The van der Waals surface area contributed by atoms with E-state index >= 15 is 0 Å². The highest BCUT2D eigenvalue weighted by Gasteiger charge is 2.19. The third kappa shape index (κ3) is 7.54. The van der Waals surface area contributed by atoms with Crippen LogP contribution in [0.5, 0.6) is 0 Å². The van der Waals surface area contributed by atoms with E-state index in [1.165, 1.54) is 6.07 Å². The Morgan fingerprint density at radius 3 is 2.43 bits per heavy atom. The first kappa shape index (κ1) is 19.5. The SMILES string of the molecule is CN(C)CCCN(CC(=O)NCc1ccccc1F)S(C)(=O)=O. The minimum absolute atomic E-state index is 0.0286. The van der Waals surface area contributed by atoms with Crippen LogP contribution in [0.2, 0.25) is 0 Å². The number of sulfonamides is 1. The molecule has 1 aromatic rings. The van der Waals surface area contributed by atoms with Crippen LogP contribution in [0.1, 0.15) is 12.0 Å².